The van der Waals surface area contributed by atoms with Crippen LogP contribution in [0.5, 0.6) is 0 Å². The summed E-state index contributed by atoms with van der Waals surface area (Å²) in [6.45, 7) is 1.66. The number of amides is 2. The average Bonchev–Trinajstić information content (AvgIpc) is 2.66. The van der Waals surface area contributed by atoms with E-state index in [1.807, 2.05) is 0 Å². The number of sulfone groups is 1. The van der Waals surface area contributed by atoms with Gasteiger partial charge in [-0.25, -0.2) is 12.8 Å². The number of rotatable bonds is 6. The van der Waals surface area contributed by atoms with Crippen molar-refractivity contribution in [1.82, 2.24) is 5.32 Å². The fraction of sp³-hybridized carbons (Fsp3) is 0.263. The zero-order valence-corrected chi connectivity index (χ0v) is 16.7. The fourth-order valence-electron chi connectivity index (χ4n) is 2.72. The Morgan fingerprint density at radius 3 is 2.68 bits per heavy atom. The smallest absolute Gasteiger partial charge is 0.234 e. The molecule has 2 aromatic rings. The Bertz CT molecular complexity index is 1010. The molecule has 6 nitrogen and oxygen atoms in total. The molecular formula is C19H19FN2O4S2. The number of halogens is 1. The Morgan fingerprint density at radius 2 is 1.96 bits per heavy atom. The molecule has 0 radical (unpaired) electrons. The van der Waals surface area contributed by atoms with E-state index in [4.69, 9.17) is 0 Å². The number of anilines is 1. The molecule has 28 heavy (non-hydrogen) atoms. The van der Waals surface area contributed by atoms with Gasteiger partial charge in [-0.3, -0.25) is 9.59 Å². The maximum Gasteiger partial charge on any atom is 0.234 e. The zero-order chi connectivity index (χ0) is 20.3. The van der Waals surface area contributed by atoms with Crippen LogP contribution in [0, 0.1) is 5.82 Å². The van der Waals surface area contributed by atoms with Gasteiger partial charge in [0.05, 0.1) is 21.6 Å². The second kappa shape index (κ2) is 8.32. The number of hydrogen-bond acceptors (Lipinski definition) is 5. The number of fused-ring (bicyclic) bond motifs is 1. The van der Waals surface area contributed by atoms with Gasteiger partial charge in [0, 0.05) is 17.9 Å². The van der Waals surface area contributed by atoms with Crippen LogP contribution in [0.3, 0.4) is 0 Å². The molecule has 0 aliphatic carbocycles. The van der Waals surface area contributed by atoms with Gasteiger partial charge in [0.15, 0.2) is 9.84 Å². The third kappa shape index (κ3) is 4.71. The highest BCUT2D eigenvalue weighted by molar-refractivity contribution is 8.00. The van der Waals surface area contributed by atoms with Crippen molar-refractivity contribution in [1.29, 1.82) is 0 Å². The van der Waals surface area contributed by atoms with Crippen molar-refractivity contribution in [3.8, 4) is 0 Å². The van der Waals surface area contributed by atoms with Crippen molar-refractivity contribution in [2.24, 2.45) is 0 Å². The van der Waals surface area contributed by atoms with Crippen LogP contribution in [-0.2, 0) is 26.0 Å². The summed E-state index contributed by atoms with van der Waals surface area (Å²) >= 11 is 1.35. The average molecular weight is 423 g/mol. The lowest BCUT2D eigenvalue weighted by Gasteiger charge is -2.18. The standard InChI is InChI=1S/C19H19FN2O4S2/c1-12(8-18(23)21-10-13-2-4-14(20)5-3-13)28(25,26)15-6-7-17-16(9-15)22-19(24)11-27-17/h2-7,9,12H,8,10-11H2,1H3,(H,21,23)(H,22,24)/t12-/m1/s1. The van der Waals surface area contributed by atoms with E-state index in [-0.39, 0.29) is 29.6 Å². The first-order valence-electron chi connectivity index (χ1n) is 8.57. The van der Waals surface area contributed by atoms with E-state index in [0.717, 1.165) is 4.90 Å². The Labute approximate surface area is 166 Å². The lowest BCUT2D eigenvalue weighted by Crippen LogP contribution is -2.30. The third-order valence-electron chi connectivity index (χ3n) is 4.32. The second-order valence-corrected chi connectivity index (χ2v) is 9.84. The van der Waals surface area contributed by atoms with Gasteiger partial charge >= 0.3 is 0 Å². The quantitative estimate of drug-likeness (QED) is 0.747. The van der Waals surface area contributed by atoms with Crippen LogP contribution in [-0.4, -0.2) is 31.2 Å². The third-order valence-corrected chi connectivity index (χ3v) is 7.53. The lowest BCUT2D eigenvalue weighted by atomic mass is 10.2. The Balaban J connectivity index is 1.64. The number of carbonyl (C=O) groups excluding carboxylic acids is 2. The normalized spacial score (nSPS) is 14.7. The molecule has 0 saturated carbocycles. The summed E-state index contributed by atoms with van der Waals surface area (Å²) < 4.78 is 38.5. The van der Waals surface area contributed by atoms with Crippen molar-refractivity contribution < 1.29 is 22.4 Å². The molecule has 2 aromatic carbocycles. The molecular weight excluding hydrogens is 403 g/mol. The molecule has 0 aromatic heterocycles. The summed E-state index contributed by atoms with van der Waals surface area (Å²) in [5.41, 5.74) is 1.18. The molecule has 0 saturated heterocycles. The van der Waals surface area contributed by atoms with Crippen LogP contribution in [0.1, 0.15) is 18.9 Å². The monoisotopic (exact) mass is 422 g/mol. The first-order chi connectivity index (χ1) is 13.3. The largest absolute Gasteiger partial charge is 0.352 e. The number of thioether (sulfide) groups is 1. The van der Waals surface area contributed by atoms with Gasteiger partial charge in [-0.05, 0) is 42.8 Å². The number of nitrogens with one attached hydrogen (secondary N) is 2. The predicted molar refractivity (Wildman–Crippen MR) is 105 cm³/mol. The number of hydrogen-bond donors (Lipinski definition) is 2. The van der Waals surface area contributed by atoms with Crippen LogP contribution < -0.4 is 10.6 Å². The highest BCUT2D eigenvalue weighted by Gasteiger charge is 2.27. The molecule has 9 heteroatoms. The van der Waals surface area contributed by atoms with Crippen LogP contribution >= 0.6 is 11.8 Å². The number of carbonyl (C=O) groups is 2. The van der Waals surface area contributed by atoms with Gasteiger partial charge in [0.1, 0.15) is 5.82 Å². The minimum Gasteiger partial charge on any atom is -0.352 e. The molecule has 1 heterocycles. The van der Waals surface area contributed by atoms with E-state index < -0.39 is 21.0 Å². The molecule has 2 N–H and O–H groups in total. The molecule has 3 rings (SSSR count). The van der Waals surface area contributed by atoms with Crippen LogP contribution in [0.2, 0.25) is 0 Å². The van der Waals surface area contributed by atoms with E-state index in [9.17, 15) is 22.4 Å². The Kier molecular flexibility index (Phi) is 6.04. The van der Waals surface area contributed by atoms with E-state index in [1.54, 1.807) is 18.2 Å². The summed E-state index contributed by atoms with van der Waals surface area (Å²) in [5, 5.41) is 4.37. The van der Waals surface area contributed by atoms with Crippen molar-refractivity contribution in [2.45, 2.75) is 34.9 Å². The molecule has 1 atom stereocenters. The molecule has 0 fully saturated rings. The molecule has 148 valence electrons. The summed E-state index contributed by atoms with van der Waals surface area (Å²) in [6.07, 6.45) is -0.207. The zero-order valence-electron chi connectivity index (χ0n) is 15.1. The summed E-state index contributed by atoms with van der Waals surface area (Å²) in [7, 11) is -3.74. The van der Waals surface area contributed by atoms with E-state index in [0.29, 0.717) is 17.0 Å². The van der Waals surface area contributed by atoms with Crippen LogP contribution in [0.4, 0.5) is 10.1 Å². The lowest BCUT2D eigenvalue weighted by molar-refractivity contribution is -0.121. The van der Waals surface area contributed by atoms with Gasteiger partial charge in [0.2, 0.25) is 11.8 Å². The molecule has 2 amide bonds. The highest BCUT2D eigenvalue weighted by atomic mass is 32.2. The second-order valence-electron chi connectivity index (χ2n) is 6.46. The maximum atomic E-state index is 12.9. The first kappa shape index (κ1) is 20.3. The Hall–Kier alpha value is -2.39. The van der Waals surface area contributed by atoms with E-state index >= 15 is 0 Å². The van der Waals surface area contributed by atoms with Gasteiger partial charge in [-0.15, -0.1) is 11.8 Å². The summed E-state index contributed by atoms with van der Waals surface area (Å²) in [4.78, 5) is 24.5. The van der Waals surface area contributed by atoms with Crippen molar-refractivity contribution >= 4 is 39.1 Å². The Morgan fingerprint density at radius 1 is 1.25 bits per heavy atom. The van der Waals surface area contributed by atoms with Gasteiger partial charge in [-0.1, -0.05) is 12.1 Å². The molecule has 0 unspecified atom stereocenters. The molecule has 1 aliphatic heterocycles. The molecule has 1 aliphatic rings. The minimum absolute atomic E-state index is 0.0629. The number of benzene rings is 2. The molecule has 0 bridgehead atoms. The van der Waals surface area contributed by atoms with E-state index in [2.05, 4.69) is 10.6 Å². The van der Waals surface area contributed by atoms with Gasteiger partial charge in [-0.2, -0.15) is 0 Å². The minimum atomic E-state index is -3.74. The van der Waals surface area contributed by atoms with Gasteiger partial charge < -0.3 is 10.6 Å². The van der Waals surface area contributed by atoms with Crippen molar-refractivity contribution in [2.75, 3.05) is 11.1 Å². The van der Waals surface area contributed by atoms with Crippen LogP contribution in [0.15, 0.2) is 52.3 Å². The predicted octanol–water partition coefficient (Wildman–Crippen LogP) is 2.74. The van der Waals surface area contributed by atoms with Gasteiger partial charge in [0.25, 0.3) is 0 Å². The summed E-state index contributed by atoms with van der Waals surface area (Å²) in [5.74, 6) is -0.666. The summed E-state index contributed by atoms with van der Waals surface area (Å²) in [6, 6.07) is 10.3. The SMILES string of the molecule is C[C@H](CC(=O)NCc1ccc(F)cc1)S(=O)(=O)c1ccc2c(c1)NC(=O)CS2. The van der Waals surface area contributed by atoms with Crippen molar-refractivity contribution in [3.05, 3.63) is 53.8 Å². The van der Waals surface area contributed by atoms with E-state index in [1.165, 1.54) is 43.0 Å². The van der Waals surface area contributed by atoms with Crippen molar-refractivity contribution in [3.63, 3.8) is 0 Å². The first-order valence-corrected chi connectivity index (χ1v) is 11.1. The van der Waals surface area contributed by atoms with Crippen LogP contribution in [0.25, 0.3) is 0 Å². The maximum absolute atomic E-state index is 12.9. The highest BCUT2D eigenvalue weighted by Crippen LogP contribution is 2.34. The topological polar surface area (TPSA) is 92.3 Å². The fourth-order valence-corrected chi connectivity index (χ4v) is 4.88. The molecule has 0 spiro atoms.